The summed E-state index contributed by atoms with van der Waals surface area (Å²) in [5, 5.41) is 17.8. The maximum atomic E-state index is 5.48. The van der Waals surface area contributed by atoms with E-state index in [-0.39, 0.29) is 0 Å². The number of hydrogen-bond acceptors (Lipinski definition) is 9. The van der Waals surface area contributed by atoms with Crippen molar-refractivity contribution in [2.24, 2.45) is 0 Å². The lowest BCUT2D eigenvalue weighted by Gasteiger charge is -2.27. The Labute approximate surface area is 175 Å². The molecule has 1 aliphatic rings. The van der Waals surface area contributed by atoms with Crippen LogP contribution in [-0.4, -0.2) is 51.2 Å². The topological polar surface area (TPSA) is 82.1 Å². The van der Waals surface area contributed by atoms with E-state index in [2.05, 4.69) is 41.9 Å². The summed E-state index contributed by atoms with van der Waals surface area (Å²) in [4.78, 5) is 6.70. The van der Waals surface area contributed by atoms with Crippen molar-refractivity contribution in [3.8, 4) is 17.1 Å². The zero-order valence-corrected chi connectivity index (χ0v) is 17.1. The number of nitrogens with zero attached hydrogens (tertiary/aromatic N) is 6. The summed E-state index contributed by atoms with van der Waals surface area (Å²) in [7, 11) is 0. The van der Waals surface area contributed by atoms with E-state index in [9.17, 15) is 0 Å². The molecule has 4 heterocycles. The third-order valence-electron chi connectivity index (χ3n) is 4.49. The molecule has 3 aromatic heterocycles. The minimum atomic E-state index is 0.542. The highest BCUT2D eigenvalue weighted by Gasteiger charge is 2.22. The van der Waals surface area contributed by atoms with Crippen molar-refractivity contribution in [2.75, 3.05) is 31.2 Å². The minimum absolute atomic E-state index is 0.542. The Morgan fingerprint density at radius 3 is 2.72 bits per heavy atom. The molecule has 4 aromatic rings. The van der Waals surface area contributed by atoms with Gasteiger partial charge in [-0.05, 0) is 23.6 Å². The first-order valence-corrected chi connectivity index (χ1v) is 11.1. The molecule has 0 amide bonds. The summed E-state index contributed by atoms with van der Waals surface area (Å²) in [6.45, 7) is 2.98. The molecule has 0 N–H and O–H groups in total. The molecule has 0 radical (unpaired) electrons. The van der Waals surface area contributed by atoms with Crippen LogP contribution in [0.3, 0.4) is 0 Å². The monoisotopic (exact) mass is 426 g/mol. The second kappa shape index (κ2) is 8.36. The molecule has 0 bridgehead atoms. The molecule has 5 rings (SSSR count). The average molecular weight is 427 g/mol. The molecule has 1 fully saturated rings. The number of rotatable bonds is 6. The van der Waals surface area contributed by atoms with Gasteiger partial charge in [0.25, 0.3) is 5.89 Å². The first-order valence-electron chi connectivity index (χ1n) is 9.20. The number of hydrogen-bond donors (Lipinski definition) is 0. The first-order chi connectivity index (χ1) is 14.4. The van der Waals surface area contributed by atoms with Crippen LogP contribution in [0.5, 0.6) is 0 Å². The standard InChI is InChI=1S/C19H18N6O2S2/c1-2-4-15(5-3-1)25-18(24-7-9-26-10-8-24)21-22-19(25)29-13-16-20-17(27-23-16)14-6-11-28-12-14/h1-6,11-12H,7-10,13H2. The number of aromatic nitrogens is 5. The van der Waals surface area contributed by atoms with E-state index in [1.54, 1.807) is 11.3 Å². The lowest BCUT2D eigenvalue weighted by Crippen LogP contribution is -2.37. The van der Waals surface area contributed by atoms with Crippen LogP contribution in [0.2, 0.25) is 0 Å². The van der Waals surface area contributed by atoms with Gasteiger partial charge in [-0.25, -0.2) is 0 Å². The molecule has 1 saturated heterocycles. The fourth-order valence-corrected chi connectivity index (χ4v) is 4.49. The Morgan fingerprint density at radius 2 is 1.93 bits per heavy atom. The fourth-order valence-electron chi connectivity index (χ4n) is 3.07. The van der Waals surface area contributed by atoms with Gasteiger partial charge in [0.1, 0.15) is 0 Å². The largest absolute Gasteiger partial charge is 0.378 e. The Morgan fingerprint density at radius 1 is 1.07 bits per heavy atom. The van der Waals surface area contributed by atoms with Crippen LogP contribution in [0, 0.1) is 0 Å². The van der Waals surface area contributed by atoms with Gasteiger partial charge in [-0.1, -0.05) is 35.1 Å². The second-order valence-corrected chi connectivity index (χ2v) is 8.09. The molecule has 0 spiro atoms. The predicted molar refractivity (Wildman–Crippen MR) is 112 cm³/mol. The van der Waals surface area contributed by atoms with Gasteiger partial charge >= 0.3 is 0 Å². The maximum Gasteiger partial charge on any atom is 0.258 e. The van der Waals surface area contributed by atoms with Crippen molar-refractivity contribution >= 4 is 29.0 Å². The molecule has 0 saturated carbocycles. The molecule has 0 aliphatic carbocycles. The number of thioether (sulfide) groups is 1. The second-order valence-electron chi connectivity index (χ2n) is 6.37. The number of anilines is 1. The molecular weight excluding hydrogens is 408 g/mol. The average Bonchev–Trinajstić information content (AvgIpc) is 3.54. The highest BCUT2D eigenvalue weighted by Crippen LogP contribution is 2.29. The van der Waals surface area contributed by atoms with Crippen molar-refractivity contribution < 1.29 is 9.26 Å². The number of morpholine rings is 1. The van der Waals surface area contributed by atoms with Crippen molar-refractivity contribution in [1.82, 2.24) is 24.9 Å². The number of ether oxygens (including phenoxy) is 1. The summed E-state index contributed by atoms with van der Waals surface area (Å²) < 4.78 is 12.9. The molecule has 29 heavy (non-hydrogen) atoms. The minimum Gasteiger partial charge on any atom is -0.378 e. The summed E-state index contributed by atoms with van der Waals surface area (Å²) >= 11 is 3.14. The van der Waals surface area contributed by atoms with E-state index in [0.717, 1.165) is 35.4 Å². The Hall–Kier alpha value is -2.69. The zero-order valence-electron chi connectivity index (χ0n) is 15.5. The van der Waals surface area contributed by atoms with Gasteiger partial charge in [0.2, 0.25) is 5.95 Å². The number of para-hydroxylation sites is 1. The van der Waals surface area contributed by atoms with E-state index in [0.29, 0.717) is 30.7 Å². The van der Waals surface area contributed by atoms with Crippen molar-refractivity contribution in [2.45, 2.75) is 10.9 Å². The maximum absolute atomic E-state index is 5.48. The lowest BCUT2D eigenvalue weighted by molar-refractivity contribution is 0.122. The van der Waals surface area contributed by atoms with E-state index < -0.39 is 0 Å². The van der Waals surface area contributed by atoms with Gasteiger partial charge in [-0.3, -0.25) is 4.57 Å². The number of benzene rings is 1. The zero-order chi connectivity index (χ0) is 19.5. The van der Waals surface area contributed by atoms with Gasteiger partial charge in [0.15, 0.2) is 11.0 Å². The molecule has 1 aliphatic heterocycles. The first kappa shape index (κ1) is 18.3. The van der Waals surface area contributed by atoms with Crippen molar-refractivity contribution in [1.29, 1.82) is 0 Å². The fraction of sp³-hybridized carbons (Fsp3) is 0.263. The van der Waals surface area contributed by atoms with E-state index >= 15 is 0 Å². The molecule has 10 heteroatoms. The highest BCUT2D eigenvalue weighted by molar-refractivity contribution is 7.98. The SMILES string of the molecule is c1ccc(-n2c(SCc3noc(-c4ccsc4)n3)nnc2N2CCOCC2)cc1. The van der Waals surface area contributed by atoms with Crippen LogP contribution in [0.15, 0.2) is 56.8 Å². The van der Waals surface area contributed by atoms with Gasteiger partial charge in [0.05, 0.1) is 30.2 Å². The van der Waals surface area contributed by atoms with Gasteiger partial charge in [-0.15, -0.1) is 10.2 Å². The van der Waals surface area contributed by atoms with E-state index in [1.165, 1.54) is 11.8 Å². The van der Waals surface area contributed by atoms with Crippen LogP contribution < -0.4 is 4.90 Å². The molecule has 0 unspecified atom stereocenters. The van der Waals surface area contributed by atoms with Crippen molar-refractivity contribution in [3.05, 3.63) is 53.0 Å². The van der Waals surface area contributed by atoms with Crippen LogP contribution in [0.25, 0.3) is 17.1 Å². The lowest BCUT2D eigenvalue weighted by atomic mass is 10.3. The van der Waals surface area contributed by atoms with E-state index in [4.69, 9.17) is 9.26 Å². The molecular formula is C19H18N6O2S2. The normalized spacial score (nSPS) is 14.4. The molecule has 8 nitrogen and oxygen atoms in total. The van der Waals surface area contributed by atoms with Crippen LogP contribution >= 0.6 is 23.1 Å². The summed E-state index contributed by atoms with van der Waals surface area (Å²) in [6.07, 6.45) is 0. The summed E-state index contributed by atoms with van der Waals surface area (Å²) in [5.41, 5.74) is 1.97. The Kier molecular flexibility index (Phi) is 5.29. The van der Waals surface area contributed by atoms with Crippen LogP contribution in [-0.2, 0) is 10.5 Å². The smallest absolute Gasteiger partial charge is 0.258 e. The van der Waals surface area contributed by atoms with E-state index in [1.807, 2.05) is 35.0 Å². The van der Waals surface area contributed by atoms with Gasteiger partial charge < -0.3 is 14.2 Å². The number of thiophene rings is 1. The quantitative estimate of drug-likeness (QED) is 0.433. The van der Waals surface area contributed by atoms with Gasteiger partial charge in [-0.2, -0.15) is 16.3 Å². The Balaban J connectivity index is 1.40. The Bertz CT molecular complexity index is 1060. The third kappa shape index (κ3) is 3.91. The summed E-state index contributed by atoms with van der Waals surface area (Å²) in [6, 6.07) is 12.1. The van der Waals surface area contributed by atoms with Crippen LogP contribution in [0.4, 0.5) is 5.95 Å². The third-order valence-corrected chi connectivity index (χ3v) is 6.10. The van der Waals surface area contributed by atoms with Gasteiger partial charge in [0, 0.05) is 18.5 Å². The summed E-state index contributed by atoms with van der Waals surface area (Å²) in [5.74, 6) is 2.54. The molecule has 0 atom stereocenters. The molecule has 148 valence electrons. The predicted octanol–water partition coefficient (Wildman–Crippen LogP) is 3.51. The highest BCUT2D eigenvalue weighted by atomic mass is 32.2. The van der Waals surface area contributed by atoms with Crippen molar-refractivity contribution in [3.63, 3.8) is 0 Å². The molecule has 1 aromatic carbocycles. The van der Waals surface area contributed by atoms with Crippen LogP contribution in [0.1, 0.15) is 5.82 Å².